The zero-order chi connectivity index (χ0) is 13.8. The van der Waals surface area contributed by atoms with Crippen LogP contribution >= 0.6 is 11.6 Å². The Balaban J connectivity index is 1.99. The number of anilines is 1. The number of benzene rings is 1. The Morgan fingerprint density at radius 2 is 1.89 bits per heavy atom. The standard InChI is InChI=1S/C13H14ClFN2O2/c14-10-8-9(4-5-11(10)15)16-12(18)13(19)17-6-2-1-3-7-17/h4-5,8H,1-3,6-7H2,(H,16,18). The molecule has 0 unspecified atom stereocenters. The number of hydrogen-bond acceptors (Lipinski definition) is 2. The molecule has 0 saturated carbocycles. The molecule has 1 saturated heterocycles. The summed E-state index contributed by atoms with van der Waals surface area (Å²) in [6.07, 6.45) is 2.92. The minimum atomic E-state index is -0.718. The summed E-state index contributed by atoms with van der Waals surface area (Å²) in [7, 11) is 0. The van der Waals surface area contributed by atoms with E-state index in [1.54, 1.807) is 0 Å². The summed E-state index contributed by atoms with van der Waals surface area (Å²) in [6.45, 7) is 1.22. The highest BCUT2D eigenvalue weighted by Gasteiger charge is 2.23. The molecular weight excluding hydrogens is 271 g/mol. The van der Waals surface area contributed by atoms with Crippen LogP contribution < -0.4 is 5.32 Å². The summed E-state index contributed by atoms with van der Waals surface area (Å²) in [5.74, 6) is -1.84. The number of piperidine rings is 1. The predicted molar refractivity (Wildman–Crippen MR) is 70.5 cm³/mol. The number of rotatable bonds is 1. The van der Waals surface area contributed by atoms with Crippen LogP contribution in [0.25, 0.3) is 0 Å². The quantitative estimate of drug-likeness (QED) is 0.805. The summed E-state index contributed by atoms with van der Waals surface area (Å²) in [5.41, 5.74) is 0.307. The van der Waals surface area contributed by atoms with Gasteiger partial charge in [0.1, 0.15) is 5.82 Å². The normalized spacial score (nSPS) is 15.2. The highest BCUT2D eigenvalue weighted by molar-refractivity contribution is 6.39. The van der Waals surface area contributed by atoms with E-state index in [9.17, 15) is 14.0 Å². The lowest BCUT2D eigenvalue weighted by molar-refractivity contribution is -0.143. The number of likely N-dealkylation sites (tertiary alicyclic amines) is 1. The van der Waals surface area contributed by atoms with Gasteiger partial charge in [-0.15, -0.1) is 0 Å². The Labute approximate surface area is 115 Å². The molecular formula is C13H14ClFN2O2. The van der Waals surface area contributed by atoms with Crippen molar-refractivity contribution in [3.8, 4) is 0 Å². The Morgan fingerprint density at radius 1 is 1.21 bits per heavy atom. The molecule has 1 aliphatic rings. The molecule has 19 heavy (non-hydrogen) atoms. The van der Waals surface area contributed by atoms with E-state index in [2.05, 4.69) is 5.32 Å². The number of amides is 2. The van der Waals surface area contributed by atoms with Crippen molar-refractivity contribution in [3.05, 3.63) is 29.0 Å². The molecule has 1 aromatic rings. The molecule has 1 N–H and O–H groups in total. The Bertz CT molecular complexity index is 501. The van der Waals surface area contributed by atoms with Crippen LogP contribution in [-0.4, -0.2) is 29.8 Å². The molecule has 0 aromatic heterocycles. The maximum Gasteiger partial charge on any atom is 0.313 e. The number of halogens is 2. The third-order valence-electron chi connectivity index (χ3n) is 3.01. The summed E-state index contributed by atoms with van der Waals surface area (Å²) in [6, 6.07) is 3.78. The first-order valence-corrected chi connectivity index (χ1v) is 6.51. The number of carbonyl (C=O) groups excluding carboxylic acids is 2. The lowest BCUT2D eigenvalue weighted by Crippen LogP contribution is -2.42. The van der Waals surface area contributed by atoms with Crippen LogP contribution in [-0.2, 0) is 9.59 Å². The molecule has 102 valence electrons. The van der Waals surface area contributed by atoms with Crippen LogP contribution in [0.5, 0.6) is 0 Å². The van der Waals surface area contributed by atoms with Crippen molar-refractivity contribution in [2.45, 2.75) is 19.3 Å². The van der Waals surface area contributed by atoms with Gasteiger partial charge in [-0.1, -0.05) is 11.6 Å². The van der Waals surface area contributed by atoms with Gasteiger partial charge in [-0.05, 0) is 37.5 Å². The minimum Gasteiger partial charge on any atom is -0.334 e. The van der Waals surface area contributed by atoms with Crippen LogP contribution in [0, 0.1) is 5.82 Å². The van der Waals surface area contributed by atoms with Crippen molar-refractivity contribution in [2.24, 2.45) is 0 Å². The molecule has 2 rings (SSSR count). The van der Waals surface area contributed by atoms with Crippen LogP contribution in [0.15, 0.2) is 18.2 Å². The van der Waals surface area contributed by atoms with Crippen LogP contribution in [0.1, 0.15) is 19.3 Å². The molecule has 1 heterocycles. The number of nitrogens with zero attached hydrogens (tertiary/aromatic N) is 1. The van der Waals surface area contributed by atoms with Crippen molar-refractivity contribution < 1.29 is 14.0 Å². The fourth-order valence-corrected chi connectivity index (χ4v) is 2.18. The maximum atomic E-state index is 13.0. The van der Waals surface area contributed by atoms with E-state index < -0.39 is 17.6 Å². The van der Waals surface area contributed by atoms with Crippen LogP contribution in [0.3, 0.4) is 0 Å². The summed E-state index contributed by atoms with van der Waals surface area (Å²) < 4.78 is 13.0. The first kappa shape index (κ1) is 13.8. The van der Waals surface area contributed by atoms with E-state index in [0.717, 1.165) is 25.3 Å². The summed E-state index contributed by atoms with van der Waals surface area (Å²) >= 11 is 5.60. The van der Waals surface area contributed by atoms with E-state index in [1.807, 2.05) is 0 Å². The van der Waals surface area contributed by atoms with E-state index in [-0.39, 0.29) is 5.02 Å². The molecule has 6 heteroatoms. The van der Waals surface area contributed by atoms with Crippen LogP contribution in [0.2, 0.25) is 5.02 Å². The molecule has 0 bridgehead atoms. The van der Waals surface area contributed by atoms with Gasteiger partial charge in [-0.25, -0.2) is 4.39 Å². The lowest BCUT2D eigenvalue weighted by atomic mass is 10.1. The van der Waals surface area contributed by atoms with Gasteiger partial charge in [0.25, 0.3) is 0 Å². The molecule has 0 spiro atoms. The zero-order valence-electron chi connectivity index (χ0n) is 10.3. The van der Waals surface area contributed by atoms with Crippen LogP contribution in [0.4, 0.5) is 10.1 Å². The van der Waals surface area contributed by atoms with Gasteiger partial charge in [0.2, 0.25) is 0 Å². The van der Waals surface area contributed by atoms with Crippen molar-refractivity contribution in [1.29, 1.82) is 0 Å². The fourth-order valence-electron chi connectivity index (χ4n) is 2.00. The average Bonchev–Trinajstić information content (AvgIpc) is 2.43. The van der Waals surface area contributed by atoms with E-state index in [0.29, 0.717) is 18.8 Å². The Hall–Kier alpha value is -1.62. The number of nitrogens with one attached hydrogen (secondary N) is 1. The zero-order valence-corrected chi connectivity index (χ0v) is 11.0. The van der Waals surface area contributed by atoms with Crippen molar-refractivity contribution in [3.63, 3.8) is 0 Å². The smallest absolute Gasteiger partial charge is 0.313 e. The second-order valence-corrected chi connectivity index (χ2v) is 4.84. The van der Waals surface area contributed by atoms with E-state index >= 15 is 0 Å². The SMILES string of the molecule is O=C(Nc1ccc(F)c(Cl)c1)C(=O)N1CCCCC1. The third kappa shape index (κ3) is 3.44. The highest BCUT2D eigenvalue weighted by atomic mass is 35.5. The third-order valence-corrected chi connectivity index (χ3v) is 3.30. The van der Waals surface area contributed by atoms with Gasteiger partial charge in [0.05, 0.1) is 5.02 Å². The lowest BCUT2D eigenvalue weighted by Gasteiger charge is -2.25. The fraction of sp³-hybridized carbons (Fsp3) is 0.385. The van der Waals surface area contributed by atoms with Gasteiger partial charge in [-0.2, -0.15) is 0 Å². The Kier molecular flexibility index (Phi) is 4.37. The maximum absolute atomic E-state index is 13.0. The average molecular weight is 285 g/mol. The van der Waals surface area contributed by atoms with E-state index in [4.69, 9.17) is 11.6 Å². The molecule has 4 nitrogen and oxygen atoms in total. The molecule has 0 radical (unpaired) electrons. The first-order chi connectivity index (χ1) is 9.08. The largest absolute Gasteiger partial charge is 0.334 e. The molecule has 0 atom stereocenters. The minimum absolute atomic E-state index is 0.0942. The van der Waals surface area contributed by atoms with Gasteiger partial charge < -0.3 is 10.2 Å². The van der Waals surface area contributed by atoms with Gasteiger partial charge >= 0.3 is 11.8 Å². The Morgan fingerprint density at radius 3 is 2.53 bits per heavy atom. The first-order valence-electron chi connectivity index (χ1n) is 6.13. The van der Waals surface area contributed by atoms with Gasteiger partial charge in [-0.3, -0.25) is 9.59 Å². The monoisotopic (exact) mass is 284 g/mol. The summed E-state index contributed by atoms with van der Waals surface area (Å²) in [4.78, 5) is 25.2. The molecule has 2 amide bonds. The van der Waals surface area contributed by atoms with Crippen molar-refractivity contribution in [1.82, 2.24) is 4.90 Å². The van der Waals surface area contributed by atoms with E-state index in [1.165, 1.54) is 17.0 Å². The van der Waals surface area contributed by atoms with Gasteiger partial charge in [0.15, 0.2) is 0 Å². The molecule has 1 fully saturated rings. The topological polar surface area (TPSA) is 49.4 Å². The molecule has 0 aliphatic carbocycles. The van der Waals surface area contributed by atoms with Gasteiger partial charge in [0, 0.05) is 18.8 Å². The predicted octanol–water partition coefficient (Wildman–Crippen LogP) is 2.43. The number of hydrogen-bond donors (Lipinski definition) is 1. The molecule has 1 aliphatic heterocycles. The second kappa shape index (κ2) is 6.02. The summed E-state index contributed by atoms with van der Waals surface area (Å²) in [5, 5.41) is 2.33. The second-order valence-electron chi connectivity index (χ2n) is 4.44. The number of carbonyl (C=O) groups is 2. The highest BCUT2D eigenvalue weighted by Crippen LogP contribution is 2.19. The van der Waals surface area contributed by atoms with Crippen molar-refractivity contribution >= 4 is 29.1 Å². The molecule has 1 aromatic carbocycles. The van der Waals surface area contributed by atoms with Crippen molar-refractivity contribution in [2.75, 3.05) is 18.4 Å².